The maximum atomic E-state index is 13.2. The van der Waals surface area contributed by atoms with E-state index in [-0.39, 0.29) is 30.6 Å². The average molecular weight is 414 g/mol. The van der Waals surface area contributed by atoms with Crippen molar-refractivity contribution >= 4 is 47.1 Å². The summed E-state index contributed by atoms with van der Waals surface area (Å²) < 4.78 is 45.5. The minimum atomic E-state index is -4.64. The molecular formula is C16H16B3F3N6O2. The van der Waals surface area contributed by atoms with E-state index in [9.17, 15) is 18.0 Å². The first kappa shape index (κ1) is 22.0. The normalized spacial score (nSPS) is 19.6. The van der Waals surface area contributed by atoms with Crippen LogP contribution in [0, 0.1) is 0 Å². The van der Waals surface area contributed by atoms with Crippen molar-refractivity contribution in [2.24, 2.45) is 0 Å². The summed E-state index contributed by atoms with van der Waals surface area (Å²) in [5.74, 6) is -0.981. The Bertz CT molecular complexity index is 963. The highest BCUT2D eigenvalue weighted by Gasteiger charge is 2.44. The summed E-state index contributed by atoms with van der Waals surface area (Å²) in [4.78, 5) is 19.7. The number of cyclic esters (lactones) is 1. The third kappa shape index (κ3) is 4.12. The molecule has 3 rings (SSSR count). The van der Waals surface area contributed by atoms with Gasteiger partial charge in [0.05, 0.1) is 35.8 Å². The van der Waals surface area contributed by atoms with Gasteiger partial charge in [-0.1, -0.05) is 0 Å². The minimum Gasteiger partial charge on any atom is -0.465 e. The molecule has 1 fully saturated rings. The molecule has 0 spiro atoms. The molecule has 1 saturated heterocycles. The molecule has 0 aliphatic carbocycles. The number of anilines is 3. The number of rotatable bonds is 6. The van der Waals surface area contributed by atoms with Crippen molar-refractivity contribution in [3.8, 4) is 0 Å². The zero-order valence-corrected chi connectivity index (χ0v) is 16.2. The van der Waals surface area contributed by atoms with Crippen LogP contribution in [0.25, 0.3) is 0 Å². The van der Waals surface area contributed by atoms with Crippen LogP contribution in [-0.2, 0) is 26.4 Å². The molecule has 30 heavy (non-hydrogen) atoms. The summed E-state index contributed by atoms with van der Waals surface area (Å²) in [7, 11) is 17.3. The van der Waals surface area contributed by atoms with Crippen molar-refractivity contribution in [2.75, 3.05) is 23.8 Å². The summed E-state index contributed by atoms with van der Waals surface area (Å²) in [6.07, 6.45) is -3.62. The molecule has 6 radical (unpaired) electrons. The molecule has 0 amide bonds. The first-order valence-electron chi connectivity index (χ1n) is 8.96. The van der Waals surface area contributed by atoms with E-state index in [0.717, 1.165) is 4.68 Å². The second kappa shape index (κ2) is 7.55. The number of carbonyl (C=O) groups excluding carboxylic acids is 1. The molecule has 14 heteroatoms. The van der Waals surface area contributed by atoms with Gasteiger partial charge >= 0.3 is 12.1 Å². The predicted molar refractivity (Wildman–Crippen MR) is 105 cm³/mol. The van der Waals surface area contributed by atoms with E-state index in [2.05, 4.69) is 25.7 Å². The van der Waals surface area contributed by atoms with Gasteiger partial charge in [-0.2, -0.15) is 23.3 Å². The van der Waals surface area contributed by atoms with E-state index in [1.165, 1.54) is 6.07 Å². The lowest BCUT2D eigenvalue weighted by Gasteiger charge is -2.24. The van der Waals surface area contributed by atoms with Crippen LogP contribution in [0.4, 0.5) is 30.8 Å². The third-order valence-corrected chi connectivity index (χ3v) is 4.61. The highest BCUT2D eigenvalue weighted by Crippen LogP contribution is 2.36. The molecule has 0 bridgehead atoms. The SMILES string of the molecule is [B]C([B])([B])n1nc([C@]2(C)CCOC2=O)cc1Nc1ncc(C(F)(F)F)c(NCC)n1. The van der Waals surface area contributed by atoms with Crippen LogP contribution < -0.4 is 10.6 Å². The Morgan fingerprint density at radius 1 is 1.33 bits per heavy atom. The summed E-state index contributed by atoms with van der Waals surface area (Å²) in [5.41, 5.74) is -1.80. The largest absolute Gasteiger partial charge is 0.465 e. The van der Waals surface area contributed by atoms with Crippen LogP contribution in [0.3, 0.4) is 0 Å². The fraction of sp³-hybridized carbons (Fsp3) is 0.500. The van der Waals surface area contributed by atoms with Gasteiger partial charge in [-0.15, -0.1) is 0 Å². The average Bonchev–Trinajstić information content (AvgIpc) is 3.19. The number of nitrogens with one attached hydrogen (secondary N) is 2. The number of nitrogens with zero attached hydrogens (tertiary/aromatic N) is 4. The molecule has 2 N–H and O–H groups in total. The first-order chi connectivity index (χ1) is 13.9. The third-order valence-electron chi connectivity index (χ3n) is 4.61. The fourth-order valence-corrected chi connectivity index (χ4v) is 2.94. The topological polar surface area (TPSA) is 94.0 Å². The predicted octanol–water partition coefficient (Wildman–Crippen LogP) is 1.15. The van der Waals surface area contributed by atoms with Crippen LogP contribution >= 0.6 is 0 Å². The Balaban J connectivity index is 2.02. The molecule has 1 aliphatic heterocycles. The molecule has 0 saturated carbocycles. The van der Waals surface area contributed by atoms with Gasteiger partial charge < -0.3 is 15.4 Å². The number of carbonyl (C=O) groups is 1. The van der Waals surface area contributed by atoms with Gasteiger partial charge in [-0.25, -0.2) is 4.98 Å². The Labute approximate surface area is 174 Å². The summed E-state index contributed by atoms with van der Waals surface area (Å²) in [6, 6.07) is 1.45. The van der Waals surface area contributed by atoms with Gasteiger partial charge in [-0.3, -0.25) is 9.48 Å². The molecule has 8 nitrogen and oxygen atoms in total. The van der Waals surface area contributed by atoms with Crippen molar-refractivity contribution < 1.29 is 22.7 Å². The lowest BCUT2D eigenvalue weighted by Crippen LogP contribution is -2.37. The molecule has 0 aromatic carbocycles. The first-order valence-corrected chi connectivity index (χ1v) is 8.96. The van der Waals surface area contributed by atoms with Crippen LogP contribution in [0.15, 0.2) is 12.3 Å². The summed E-state index contributed by atoms with van der Waals surface area (Å²) in [6.45, 7) is 3.70. The minimum absolute atomic E-state index is 0.0839. The van der Waals surface area contributed by atoms with E-state index >= 15 is 0 Å². The van der Waals surface area contributed by atoms with E-state index < -0.39 is 34.2 Å². The highest BCUT2D eigenvalue weighted by atomic mass is 19.4. The van der Waals surface area contributed by atoms with Crippen LogP contribution in [0.2, 0.25) is 0 Å². The molecule has 1 aliphatic rings. The number of esters is 1. The van der Waals surface area contributed by atoms with Crippen molar-refractivity contribution in [1.29, 1.82) is 0 Å². The Morgan fingerprint density at radius 2 is 2.03 bits per heavy atom. The number of hydrogen-bond donors (Lipinski definition) is 2. The summed E-state index contributed by atoms with van der Waals surface area (Å²) in [5, 5.41) is 7.51. The van der Waals surface area contributed by atoms with Crippen LogP contribution in [0.1, 0.15) is 31.5 Å². The van der Waals surface area contributed by atoms with Gasteiger partial charge in [-0.05, 0) is 19.1 Å². The van der Waals surface area contributed by atoms with Gasteiger partial charge in [0.2, 0.25) is 5.95 Å². The Kier molecular flexibility index (Phi) is 5.55. The molecule has 152 valence electrons. The zero-order valence-electron chi connectivity index (χ0n) is 16.2. The van der Waals surface area contributed by atoms with E-state index in [1.54, 1.807) is 13.8 Å². The molecule has 3 heterocycles. The molecule has 2 aromatic rings. The Hall–Kier alpha value is -2.66. The van der Waals surface area contributed by atoms with Crippen molar-refractivity contribution in [1.82, 2.24) is 19.7 Å². The van der Waals surface area contributed by atoms with Gasteiger partial charge in [0.25, 0.3) is 0 Å². The van der Waals surface area contributed by atoms with E-state index in [4.69, 9.17) is 28.3 Å². The fourth-order valence-electron chi connectivity index (χ4n) is 2.94. The van der Waals surface area contributed by atoms with Crippen LogP contribution in [0.5, 0.6) is 0 Å². The van der Waals surface area contributed by atoms with Gasteiger partial charge in [0.1, 0.15) is 22.6 Å². The molecular weight excluding hydrogens is 398 g/mol. The number of ether oxygens (including phenoxy) is 1. The lowest BCUT2D eigenvalue weighted by molar-refractivity contribution is -0.142. The van der Waals surface area contributed by atoms with Gasteiger partial charge in [0, 0.05) is 25.2 Å². The number of hydrogen-bond acceptors (Lipinski definition) is 7. The zero-order chi connectivity index (χ0) is 22.3. The van der Waals surface area contributed by atoms with E-state index in [0.29, 0.717) is 12.6 Å². The maximum Gasteiger partial charge on any atom is 0.421 e. The van der Waals surface area contributed by atoms with Crippen LogP contribution in [-0.4, -0.2) is 62.4 Å². The van der Waals surface area contributed by atoms with Crippen molar-refractivity contribution in [3.05, 3.63) is 23.5 Å². The van der Waals surface area contributed by atoms with E-state index in [1.807, 2.05) is 0 Å². The second-order valence-corrected chi connectivity index (χ2v) is 7.04. The number of alkyl halides is 3. The maximum absolute atomic E-state index is 13.2. The number of halogens is 3. The quantitative estimate of drug-likeness (QED) is 0.542. The van der Waals surface area contributed by atoms with Crippen molar-refractivity contribution in [3.63, 3.8) is 0 Å². The molecule has 2 aromatic heterocycles. The standard InChI is InChI=1S/C16H16B3F3N6O2/c1-3-23-11-8(15(20,21)22)7-24-13(26-11)25-10-6-9(27-28(10)16(17,18)19)14(2)4-5-30-12(14)29/h6-7H,3-5H2,1-2H3,(H2,23,24,25,26)/t14-/m0/s1. The smallest absolute Gasteiger partial charge is 0.421 e. The Morgan fingerprint density at radius 3 is 2.57 bits per heavy atom. The molecule has 0 unspecified atom stereocenters. The monoisotopic (exact) mass is 414 g/mol. The lowest BCUT2D eigenvalue weighted by atomic mass is 9.49. The number of aromatic nitrogens is 4. The highest BCUT2D eigenvalue weighted by molar-refractivity contribution is 6.56. The summed E-state index contributed by atoms with van der Waals surface area (Å²) >= 11 is 0. The van der Waals surface area contributed by atoms with Crippen molar-refractivity contribution in [2.45, 2.75) is 37.1 Å². The van der Waals surface area contributed by atoms with Gasteiger partial charge in [0.15, 0.2) is 0 Å². The molecule has 1 atom stereocenters. The second-order valence-electron chi connectivity index (χ2n) is 7.04.